The summed E-state index contributed by atoms with van der Waals surface area (Å²) < 4.78 is 0. The van der Waals surface area contributed by atoms with Gasteiger partial charge in [0.15, 0.2) is 11.6 Å². The number of ketones is 1. The van der Waals surface area contributed by atoms with E-state index in [2.05, 4.69) is 15.2 Å². The Morgan fingerprint density at radius 3 is 2.65 bits per heavy atom. The number of aryl methyl sites for hydroxylation is 1. The van der Waals surface area contributed by atoms with E-state index in [4.69, 9.17) is 11.6 Å². The second-order valence-corrected chi connectivity index (χ2v) is 6.37. The van der Waals surface area contributed by atoms with Gasteiger partial charge in [-0.05, 0) is 19.1 Å². The highest BCUT2D eigenvalue weighted by molar-refractivity contribution is 7.99. The van der Waals surface area contributed by atoms with E-state index in [0.29, 0.717) is 27.3 Å². The molecule has 0 fully saturated rings. The van der Waals surface area contributed by atoms with E-state index in [1.165, 1.54) is 11.8 Å². The lowest BCUT2D eigenvalue weighted by Gasteiger charge is -2.00. The summed E-state index contributed by atoms with van der Waals surface area (Å²) in [6.45, 7) is 1.99. The monoisotopic (exact) mass is 343 g/mol. The Hall–Kier alpha value is -2.11. The van der Waals surface area contributed by atoms with Crippen LogP contribution in [0, 0.1) is 6.92 Å². The van der Waals surface area contributed by atoms with Gasteiger partial charge in [-0.2, -0.15) is 0 Å². The summed E-state index contributed by atoms with van der Waals surface area (Å²) in [5, 5.41) is 8.12. The van der Waals surface area contributed by atoms with Crippen molar-refractivity contribution in [2.45, 2.75) is 12.1 Å². The van der Waals surface area contributed by atoms with Crippen molar-refractivity contribution in [2.75, 3.05) is 5.75 Å². The molecule has 0 saturated carbocycles. The highest BCUT2D eigenvalue weighted by Gasteiger charge is 2.12. The number of nitrogens with zero attached hydrogens (tertiary/aromatic N) is 2. The highest BCUT2D eigenvalue weighted by atomic mass is 35.5. The average molecular weight is 344 g/mol. The number of Topliss-reactive ketones (excluding diaryl/α,β-unsaturated/α-hetero) is 1. The quantitative estimate of drug-likeness (QED) is 0.550. The van der Waals surface area contributed by atoms with Crippen molar-refractivity contribution >= 4 is 29.1 Å². The molecule has 0 aliphatic heterocycles. The number of halogens is 1. The van der Waals surface area contributed by atoms with Crippen LogP contribution >= 0.6 is 23.4 Å². The first-order valence-corrected chi connectivity index (χ1v) is 8.40. The van der Waals surface area contributed by atoms with Crippen LogP contribution < -0.4 is 0 Å². The number of aromatic nitrogens is 3. The maximum Gasteiger partial charge on any atom is 0.209 e. The number of H-pyrrole nitrogens is 1. The highest BCUT2D eigenvalue weighted by Crippen LogP contribution is 2.26. The maximum atomic E-state index is 12.2. The molecule has 0 saturated heterocycles. The third kappa shape index (κ3) is 3.81. The number of hydrogen-bond donors (Lipinski definition) is 1. The van der Waals surface area contributed by atoms with Gasteiger partial charge in [0.05, 0.1) is 10.8 Å². The first-order valence-electron chi connectivity index (χ1n) is 7.03. The summed E-state index contributed by atoms with van der Waals surface area (Å²) in [5.74, 6) is 0.947. The lowest BCUT2D eigenvalue weighted by Crippen LogP contribution is -2.02. The predicted octanol–water partition coefficient (Wildman–Crippen LogP) is 4.41. The van der Waals surface area contributed by atoms with Gasteiger partial charge in [0.2, 0.25) is 5.16 Å². The van der Waals surface area contributed by atoms with Crippen LogP contribution in [0.2, 0.25) is 5.02 Å². The molecule has 23 heavy (non-hydrogen) atoms. The molecule has 1 N–H and O–H groups in total. The van der Waals surface area contributed by atoms with Gasteiger partial charge in [0.25, 0.3) is 0 Å². The molecule has 1 heterocycles. The molecule has 6 heteroatoms. The van der Waals surface area contributed by atoms with E-state index < -0.39 is 0 Å². The van der Waals surface area contributed by atoms with E-state index in [1.807, 2.05) is 49.4 Å². The van der Waals surface area contributed by atoms with E-state index in [-0.39, 0.29) is 5.78 Å². The molecular formula is C17H14ClN3OS. The molecule has 0 bridgehead atoms. The normalized spacial score (nSPS) is 10.7. The van der Waals surface area contributed by atoms with Crippen LogP contribution in [0.1, 0.15) is 15.9 Å². The second-order valence-electron chi connectivity index (χ2n) is 5.02. The van der Waals surface area contributed by atoms with E-state index in [0.717, 1.165) is 11.1 Å². The van der Waals surface area contributed by atoms with Crippen LogP contribution in [-0.4, -0.2) is 26.7 Å². The molecule has 0 atom stereocenters. The molecule has 0 unspecified atom stereocenters. The molecule has 2 aromatic carbocycles. The van der Waals surface area contributed by atoms with Gasteiger partial charge in [-0.15, -0.1) is 5.10 Å². The number of thioether (sulfide) groups is 1. The Kier molecular flexibility index (Phi) is 4.79. The average Bonchev–Trinajstić information content (AvgIpc) is 3.02. The first-order chi connectivity index (χ1) is 11.1. The van der Waals surface area contributed by atoms with Crippen molar-refractivity contribution in [3.05, 3.63) is 64.7 Å². The van der Waals surface area contributed by atoms with Gasteiger partial charge < -0.3 is 0 Å². The molecular weight excluding hydrogens is 330 g/mol. The molecule has 0 spiro atoms. The van der Waals surface area contributed by atoms with Crippen LogP contribution in [0.25, 0.3) is 11.4 Å². The summed E-state index contributed by atoms with van der Waals surface area (Å²) in [6, 6.07) is 15.0. The van der Waals surface area contributed by atoms with Crippen LogP contribution in [0.15, 0.2) is 53.7 Å². The second kappa shape index (κ2) is 6.98. The van der Waals surface area contributed by atoms with Crippen molar-refractivity contribution in [1.29, 1.82) is 0 Å². The number of hydrogen-bond acceptors (Lipinski definition) is 4. The molecule has 3 aromatic rings. The number of nitrogens with one attached hydrogen (secondary N) is 1. The van der Waals surface area contributed by atoms with Gasteiger partial charge in [-0.25, -0.2) is 4.98 Å². The number of aromatic amines is 1. The summed E-state index contributed by atoms with van der Waals surface area (Å²) in [6.07, 6.45) is 0. The third-order valence-electron chi connectivity index (χ3n) is 3.30. The van der Waals surface area contributed by atoms with Gasteiger partial charge in [0.1, 0.15) is 0 Å². The fourth-order valence-corrected chi connectivity index (χ4v) is 2.96. The molecule has 0 amide bonds. The van der Waals surface area contributed by atoms with Crippen molar-refractivity contribution in [1.82, 2.24) is 15.2 Å². The molecule has 4 nitrogen and oxygen atoms in total. The van der Waals surface area contributed by atoms with Crippen LogP contribution in [0.3, 0.4) is 0 Å². The van der Waals surface area contributed by atoms with Crippen molar-refractivity contribution in [3.8, 4) is 11.4 Å². The molecule has 3 rings (SSSR count). The number of carbonyl (C=O) groups excluding carboxylic acids is 1. The van der Waals surface area contributed by atoms with Crippen LogP contribution in [-0.2, 0) is 0 Å². The zero-order valence-corrected chi connectivity index (χ0v) is 14.0. The van der Waals surface area contributed by atoms with E-state index >= 15 is 0 Å². The van der Waals surface area contributed by atoms with Crippen LogP contribution in [0.5, 0.6) is 0 Å². The Balaban J connectivity index is 1.67. The fourth-order valence-electron chi connectivity index (χ4n) is 2.04. The van der Waals surface area contributed by atoms with Crippen molar-refractivity contribution in [3.63, 3.8) is 0 Å². The largest absolute Gasteiger partial charge is 0.293 e. The Bertz CT molecular complexity index is 830. The molecule has 0 radical (unpaired) electrons. The fraction of sp³-hybridized carbons (Fsp3) is 0.118. The summed E-state index contributed by atoms with van der Waals surface area (Å²) in [5.41, 5.74) is 2.62. The molecule has 0 aliphatic rings. The van der Waals surface area contributed by atoms with E-state index in [1.54, 1.807) is 6.07 Å². The Labute approximate surface area is 143 Å². The van der Waals surface area contributed by atoms with Gasteiger partial charge in [-0.3, -0.25) is 9.89 Å². The predicted molar refractivity (Wildman–Crippen MR) is 93.1 cm³/mol. The van der Waals surface area contributed by atoms with Gasteiger partial charge >= 0.3 is 0 Å². The first kappa shape index (κ1) is 15.8. The zero-order chi connectivity index (χ0) is 16.2. The maximum absolute atomic E-state index is 12.2. The zero-order valence-electron chi connectivity index (χ0n) is 12.4. The molecule has 116 valence electrons. The Morgan fingerprint density at radius 1 is 1.17 bits per heavy atom. The smallest absolute Gasteiger partial charge is 0.209 e. The summed E-state index contributed by atoms with van der Waals surface area (Å²) >= 11 is 7.44. The van der Waals surface area contributed by atoms with Crippen molar-refractivity contribution in [2.24, 2.45) is 0 Å². The topological polar surface area (TPSA) is 58.6 Å². The number of benzene rings is 2. The van der Waals surface area contributed by atoms with Gasteiger partial charge in [0, 0.05) is 11.1 Å². The summed E-state index contributed by atoms with van der Waals surface area (Å²) in [4.78, 5) is 16.5. The lowest BCUT2D eigenvalue weighted by atomic mass is 10.1. The SMILES string of the molecule is Cc1ccc(C(=O)CSc2n[nH]c(-c3ccccc3Cl)n2)cc1. The van der Waals surface area contributed by atoms with E-state index in [9.17, 15) is 4.79 Å². The van der Waals surface area contributed by atoms with Crippen molar-refractivity contribution < 1.29 is 4.79 Å². The summed E-state index contributed by atoms with van der Waals surface area (Å²) in [7, 11) is 0. The van der Waals surface area contributed by atoms with Crippen LogP contribution in [0.4, 0.5) is 0 Å². The lowest BCUT2D eigenvalue weighted by molar-refractivity contribution is 0.102. The number of carbonyl (C=O) groups is 1. The van der Waals surface area contributed by atoms with Gasteiger partial charge in [-0.1, -0.05) is 65.3 Å². The Morgan fingerprint density at radius 2 is 1.91 bits per heavy atom. The standard InChI is InChI=1S/C17H14ClN3OS/c1-11-6-8-12(9-7-11)15(22)10-23-17-19-16(20-21-17)13-4-2-3-5-14(13)18/h2-9H,10H2,1H3,(H,19,20,21). The third-order valence-corrected chi connectivity index (χ3v) is 4.48. The molecule has 1 aromatic heterocycles. The minimum Gasteiger partial charge on any atom is -0.293 e. The minimum absolute atomic E-state index is 0.0547. The molecule has 0 aliphatic carbocycles. The number of rotatable bonds is 5. The minimum atomic E-state index is 0.0547.